The maximum absolute atomic E-state index is 12.7. The molecule has 0 spiro atoms. The number of methoxy groups -OCH3 is 2. The summed E-state index contributed by atoms with van der Waals surface area (Å²) in [6.07, 6.45) is -1.08. The van der Waals surface area contributed by atoms with Crippen molar-refractivity contribution in [1.82, 2.24) is 0 Å². The smallest absolute Gasteiger partial charge is 0.312 e. The molecule has 2 amide bonds. The normalized spacial score (nSPS) is 17.5. The Bertz CT molecular complexity index is 1090. The molecule has 2 aliphatic heterocycles. The number of benzene rings is 2. The third-order valence-corrected chi connectivity index (χ3v) is 5.44. The number of amides is 2. The molecule has 2 heterocycles. The molecule has 0 radical (unpaired) electrons. The van der Waals surface area contributed by atoms with Crippen LogP contribution in [-0.4, -0.2) is 51.4 Å². The molecule has 1 saturated heterocycles. The molecule has 2 aromatic rings. The molecule has 0 aliphatic carbocycles. The zero-order valence-corrected chi connectivity index (χ0v) is 18.5. The Labute approximate surface area is 190 Å². The first-order valence-electron chi connectivity index (χ1n) is 10.3. The average molecular weight is 456 g/mol. The van der Waals surface area contributed by atoms with Crippen LogP contribution in [0.3, 0.4) is 0 Å². The predicted octanol–water partition coefficient (Wildman–Crippen LogP) is 2.36. The van der Waals surface area contributed by atoms with Crippen molar-refractivity contribution in [3.05, 3.63) is 36.4 Å². The van der Waals surface area contributed by atoms with E-state index in [9.17, 15) is 14.4 Å². The zero-order valence-electron chi connectivity index (χ0n) is 18.5. The van der Waals surface area contributed by atoms with Gasteiger partial charge in [-0.25, -0.2) is 0 Å². The van der Waals surface area contributed by atoms with Crippen molar-refractivity contribution >= 4 is 29.2 Å². The number of rotatable bonds is 7. The minimum absolute atomic E-state index is 0.0233. The highest BCUT2D eigenvalue weighted by Gasteiger charge is 2.38. The molecule has 2 aromatic carbocycles. The fourth-order valence-electron chi connectivity index (χ4n) is 3.65. The van der Waals surface area contributed by atoms with Crippen molar-refractivity contribution in [3.8, 4) is 23.0 Å². The molecule has 33 heavy (non-hydrogen) atoms. The van der Waals surface area contributed by atoms with Gasteiger partial charge < -0.3 is 33.9 Å². The summed E-state index contributed by atoms with van der Waals surface area (Å²) in [5, 5.41) is 2.68. The summed E-state index contributed by atoms with van der Waals surface area (Å²) in [5.41, 5.74) is 1.02. The second-order valence-corrected chi connectivity index (χ2v) is 7.58. The summed E-state index contributed by atoms with van der Waals surface area (Å²) in [6.45, 7) is 1.72. The molecule has 10 nitrogen and oxygen atoms in total. The van der Waals surface area contributed by atoms with Gasteiger partial charge in [0.15, 0.2) is 17.6 Å². The van der Waals surface area contributed by atoms with E-state index in [0.29, 0.717) is 34.4 Å². The molecule has 0 bridgehead atoms. The van der Waals surface area contributed by atoms with Crippen LogP contribution in [0.25, 0.3) is 0 Å². The number of carbonyl (C=O) groups excluding carboxylic acids is 3. The van der Waals surface area contributed by atoms with Crippen LogP contribution in [0.4, 0.5) is 11.4 Å². The molecule has 174 valence electrons. The number of hydrogen-bond acceptors (Lipinski definition) is 8. The lowest BCUT2D eigenvalue weighted by atomic mass is 10.1. The Morgan fingerprint density at radius 3 is 2.64 bits per heavy atom. The minimum atomic E-state index is -1.05. The topological polar surface area (TPSA) is 113 Å². The second kappa shape index (κ2) is 9.27. The Balaban J connectivity index is 1.36. The van der Waals surface area contributed by atoms with E-state index in [1.54, 1.807) is 36.4 Å². The first-order valence-corrected chi connectivity index (χ1v) is 10.3. The zero-order chi connectivity index (χ0) is 23.5. The molecule has 1 fully saturated rings. The molecule has 1 N–H and O–H groups in total. The quantitative estimate of drug-likeness (QED) is 0.632. The van der Waals surface area contributed by atoms with Crippen molar-refractivity contribution in [3.63, 3.8) is 0 Å². The highest BCUT2D eigenvalue weighted by Crippen LogP contribution is 2.36. The third kappa shape index (κ3) is 4.64. The van der Waals surface area contributed by atoms with Crippen molar-refractivity contribution < 1.29 is 38.1 Å². The summed E-state index contributed by atoms with van der Waals surface area (Å²) < 4.78 is 26.4. The van der Waals surface area contributed by atoms with Crippen LogP contribution in [0.2, 0.25) is 0 Å². The van der Waals surface area contributed by atoms with Crippen LogP contribution in [0.5, 0.6) is 23.0 Å². The number of hydrogen-bond donors (Lipinski definition) is 1. The highest BCUT2D eigenvalue weighted by molar-refractivity contribution is 6.01. The van der Waals surface area contributed by atoms with Crippen LogP contribution < -0.4 is 29.2 Å². The van der Waals surface area contributed by atoms with E-state index in [4.69, 9.17) is 23.7 Å². The molecule has 4 rings (SSSR count). The van der Waals surface area contributed by atoms with Gasteiger partial charge in [0, 0.05) is 30.8 Å². The van der Waals surface area contributed by atoms with Crippen LogP contribution in [0.15, 0.2) is 36.4 Å². The summed E-state index contributed by atoms with van der Waals surface area (Å²) >= 11 is 0. The third-order valence-electron chi connectivity index (χ3n) is 5.44. The SMILES string of the molecule is COc1ccc(N2C[C@@H](C(=O)O[C@H](C)C(=O)Nc3ccc4c(c3)OCO4)CC2=O)c(OC)c1. The Morgan fingerprint density at radius 2 is 1.88 bits per heavy atom. The lowest BCUT2D eigenvalue weighted by molar-refractivity contribution is -0.157. The molecule has 0 saturated carbocycles. The van der Waals surface area contributed by atoms with Crippen molar-refractivity contribution in [2.75, 3.05) is 37.8 Å². The summed E-state index contributed by atoms with van der Waals surface area (Å²) in [6, 6.07) is 10.0. The number of esters is 1. The van der Waals surface area contributed by atoms with E-state index in [2.05, 4.69) is 5.32 Å². The molecular formula is C23H24N2O8. The number of nitrogens with one attached hydrogen (secondary N) is 1. The maximum atomic E-state index is 12.7. The van der Waals surface area contributed by atoms with E-state index in [-0.39, 0.29) is 25.7 Å². The van der Waals surface area contributed by atoms with Gasteiger partial charge in [-0.15, -0.1) is 0 Å². The summed E-state index contributed by atoms with van der Waals surface area (Å²) in [5.74, 6) is 0.0935. The number of fused-ring (bicyclic) bond motifs is 1. The number of carbonyl (C=O) groups is 3. The van der Waals surface area contributed by atoms with Crippen molar-refractivity contribution in [2.24, 2.45) is 5.92 Å². The van der Waals surface area contributed by atoms with E-state index in [1.165, 1.54) is 26.0 Å². The van der Waals surface area contributed by atoms with E-state index < -0.39 is 23.9 Å². The molecule has 2 aliphatic rings. The molecule has 0 aromatic heterocycles. The van der Waals surface area contributed by atoms with Gasteiger partial charge in [0.25, 0.3) is 5.91 Å². The Kier molecular flexibility index (Phi) is 6.25. The van der Waals surface area contributed by atoms with Gasteiger partial charge in [-0.1, -0.05) is 0 Å². The van der Waals surface area contributed by atoms with E-state index in [0.717, 1.165) is 0 Å². The molecule has 2 atom stereocenters. The van der Waals surface area contributed by atoms with Gasteiger partial charge in [0.1, 0.15) is 11.5 Å². The highest BCUT2D eigenvalue weighted by atomic mass is 16.7. The fourth-order valence-corrected chi connectivity index (χ4v) is 3.65. The second-order valence-electron chi connectivity index (χ2n) is 7.58. The van der Waals surface area contributed by atoms with Gasteiger partial charge in [0.2, 0.25) is 12.7 Å². The minimum Gasteiger partial charge on any atom is -0.497 e. The molecule has 10 heteroatoms. The lowest BCUT2D eigenvalue weighted by Crippen LogP contribution is -2.33. The van der Waals surface area contributed by atoms with Gasteiger partial charge in [-0.2, -0.15) is 0 Å². The lowest BCUT2D eigenvalue weighted by Gasteiger charge is -2.20. The first kappa shape index (κ1) is 22.3. The first-order chi connectivity index (χ1) is 15.9. The van der Waals surface area contributed by atoms with Crippen molar-refractivity contribution in [1.29, 1.82) is 0 Å². The van der Waals surface area contributed by atoms with Crippen LogP contribution in [-0.2, 0) is 19.1 Å². The van der Waals surface area contributed by atoms with Gasteiger partial charge >= 0.3 is 5.97 Å². The van der Waals surface area contributed by atoms with Gasteiger partial charge in [-0.05, 0) is 31.2 Å². The number of nitrogens with zero attached hydrogens (tertiary/aromatic N) is 1. The molecular weight excluding hydrogens is 432 g/mol. The summed E-state index contributed by atoms with van der Waals surface area (Å²) in [7, 11) is 3.02. The fraction of sp³-hybridized carbons (Fsp3) is 0.348. The number of anilines is 2. The van der Waals surface area contributed by atoms with E-state index in [1.807, 2.05) is 0 Å². The number of ether oxygens (including phenoxy) is 5. The summed E-state index contributed by atoms with van der Waals surface area (Å²) in [4.78, 5) is 39.2. The maximum Gasteiger partial charge on any atom is 0.312 e. The largest absolute Gasteiger partial charge is 0.497 e. The van der Waals surface area contributed by atoms with Gasteiger partial charge in [-0.3, -0.25) is 14.4 Å². The van der Waals surface area contributed by atoms with Crippen LogP contribution >= 0.6 is 0 Å². The predicted molar refractivity (Wildman–Crippen MR) is 117 cm³/mol. The van der Waals surface area contributed by atoms with Crippen molar-refractivity contribution in [2.45, 2.75) is 19.4 Å². The van der Waals surface area contributed by atoms with Crippen LogP contribution in [0.1, 0.15) is 13.3 Å². The Hall–Kier alpha value is -3.95. The van der Waals surface area contributed by atoms with Crippen LogP contribution in [0, 0.1) is 5.92 Å². The Morgan fingerprint density at radius 1 is 1.09 bits per heavy atom. The standard InChI is InChI=1S/C23H24N2O8/c1-13(22(27)24-15-4-7-18-20(9-15)32-12-31-18)33-23(28)14-8-21(26)25(11-14)17-6-5-16(29-2)10-19(17)30-3/h4-7,9-10,13-14H,8,11-12H2,1-3H3,(H,24,27)/t13-,14+/m1/s1. The van der Waals surface area contributed by atoms with E-state index >= 15 is 0 Å². The average Bonchev–Trinajstić information content (AvgIpc) is 3.44. The monoisotopic (exact) mass is 456 g/mol. The molecule has 0 unspecified atom stereocenters. The van der Waals surface area contributed by atoms with Gasteiger partial charge in [0.05, 0.1) is 25.8 Å².